The number of aryl methyl sites for hydroxylation is 1. The molecule has 2 rings (SSSR count). The van der Waals surface area contributed by atoms with E-state index in [2.05, 4.69) is 10.3 Å². The van der Waals surface area contributed by atoms with Crippen LogP contribution < -0.4 is 10.2 Å². The average Bonchev–Trinajstić information content (AvgIpc) is 2.86. The van der Waals surface area contributed by atoms with Crippen LogP contribution in [0, 0.1) is 6.92 Å². The molecule has 0 spiro atoms. The fourth-order valence-electron chi connectivity index (χ4n) is 2.04. The highest BCUT2D eigenvalue weighted by atomic mass is 19.3. The lowest BCUT2D eigenvalue weighted by Gasteiger charge is -2.17. The van der Waals surface area contributed by atoms with E-state index in [4.69, 9.17) is 0 Å². The summed E-state index contributed by atoms with van der Waals surface area (Å²) in [5.41, 5.74) is 3.13. The summed E-state index contributed by atoms with van der Waals surface area (Å²) in [6.07, 6.45) is 2.66. The van der Waals surface area contributed by atoms with Gasteiger partial charge < -0.3 is 10.2 Å². The number of hydrogen-bond acceptors (Lipinski definition) is 3. The molecule has 0 saturated carbocycles. The van der Waals surface area contributed by atoms with Gasteiger partial charge >= 0.3 is 6.55 Å². The molecule has 0 fully saturated rings. The van der Waals surface area contributed by atoms with E-state index in [0.29, 0.717) is 5.82 Å². The maximum absolute atomic E-state index is 12.7. The molecule has 0 amide bonds. The third-order valence-corrected chi connectivity index (χ3v) is 3.10. The van der Waals surface area contributed by atoms with Gasteiger partial charge in [-0.2, -0.15) is 8.78 Å². The molecule has 1 aromatic carbocycles. The summed E-state index contributed by atoms with van der Waals surface area (Å²) >= 11 is 0. The normalized spacial score (nSPS) is 10.9. The minimum absolute atomic E-state index is 0.257. The molecule has 0 bridgehead atoms. The second kappa shape index (κ2) is 5.90. The van der Waals surface area contributed by atoms with Gasteiger partial charge in [-0.05, 0) is 24.6 Å². The van der Waals surface area contributed by atoms with Crippen molar-refractivity contribution >= 4 is 11.4 Å². The van der Waals surface area contributed by atoms with Crippen LogP contribution in [0.15, 0.2) is 30.6 Å². The molecule has 2 aromatic rings. The Balaban J connectivity index is 2.11. The molecule has 0 aliphatic carbocycles. The van der Waals surface area contributed by atoms with Gasteiger partial charge in [-0.3, -0.25) is 4.57 Å². The topological polar surface area (TPSA) is 33.1 Å². The van der Waals surface area contributed by atoms with Crippen LogP contribution in [-0.2, 0) is 6.54 Å². The van der Waals surface area contributed by atoms with E-state index < -0.39 is 6.55 Å². The zero-order valence-corrected chi connectivity index (χ0v) is 11.8. The van der Waals surface area contributed by atoms with Gasteiger partial charge in [0.2, 0.25) is 0 Å². The van der Waals surface area contributed by atoms with Crippen LogP contribution in [-0.4, -0.2) is 23.6 Å². The second-order valence-corrected chi connectivity index (χ2v) is 4.78. The van der Waals surface area contributed by atoms with Gasteiger partial charge in [0.15, 0.2) is 0 Å². The smallest absolute Gasteiger partial charge is 0.319 e. The van der Waals surface area contributed by atoms with Gasteiger partial charge in [-0.25, -0.2) is 4.98 Å². The Morgan fingerprint density at radius 1 is 1.35 bits per heavy atom. The molecule has 1 N–H and O–H groups in total. The maximum atomic E-state index is 12.7. The Bertz CT molecular complexity index is 578. The highest BCUT2D eigenvalue weighted by Gasteiger charge is 2.11. The van der Waals surface area contributed by atoms with Gasteiger partial charge in [0, 0.05) is 37.9 Å². The third-order valence-electron chi connectivity index (χ3n) is 3.10. The number of anilines is 2. The predicted molar refractivity (Wildman–Crippen MR) is 76.3 cm³/mol. The lowest BCUT2D eigenvalue weighted by molar-refractivity contribution is 0.0673. The molecule has 0 aliphatic rings. The van der Waals surface area contributed by atoms with Gasteiger partial charge in [0.25, 0.3) is 0 Å². The third kappa shape index (κ3) is 3.07. The van der Waals surface area contributed by atoms with Crippen LogP contribution in [0.4, 0.5) is 20.2 Å². The van der Waals surface area contributed by atoms with Gasteiger partial charge in [-0.1, -0.05) is 6.07 Å². The highest BCUT2D eigenvalue weighted by molar-refractivity contribution is 5.61. The zero-order valence-electron chi connectivity index (χ0n) is 11.8. The Labute approximate surface area is 117 Å². The van der Waals surface area contributed by atoms with E-state index >= 15 is 0 Å². The number of aromatic nitrogens is 2. The predicted octanol–water partition coefficient (Wildman–Crippen LogP) is 3.26. The van der Waals surface area contributed by atoms with E-state index in [1.165, 1.54) is 12.4 Å². The van der Waals surface area contributed by atoms with Crippen molar-refractivity contribution in [2.75, 3.05) is 24.3 Å². The lowest BCUT2D eigenvalue weighted by Crippen LogP contribution is -2.12. The molecule has 0 unspecified atom stereocenters. The highest BCUT2D eigenvalue weighted by Crippen LogP contribution is 2.23. The Morgan fingerprint density at radius 3 is 2.75 bits per heavy atom. The first-order valence-electron chi connectivity index (χ1n) is 6.30. The quantitative estimate of drug-likeness (QED) is 0.912. The molecule has 0 atom stereocenters. The Morgan fingerprint density at radius 2 is 2.10 bits per heavy atom. The number of imidazole rings is 1. The van der Waals surface area contributed by atoms with Gasteiger partial charge in [-0.15, -0.1) is 0 Å². The van der Waals surface area contributed by atoms with E-state index in [9.17, 15) is 8.78 Å². The minimum atomic E-state index is -2.57. The van der Waals surface area contributed by atoms with E-state index in [1.807, 2.05) is 44.1 Å². The zero-order chi connectivity index (χ0) is 14.7. The Kier molecular flexibility index (Phi) is 4.22. The van der Waals surface area contributed by atoms with Crippen LogP contribution in [0.25, 0.3) is 0 Å². The number of halogens is 2. The van der Waals surface area contributed by atoms with Crippen LogP contribution in [0.3, 0.4) is 0 Å². The minimum Gasteiger partial charge on any atom is -0.378 e. The van der Waals surface area contributed by atoms with Crippen LogP contribution >= 0.6 is 0 Å². The summed E-state index contributed by atoms with van der Waals surface area (Å²) in [4.78, 5) is 5.95. The van der Waals surface area contributed by atoms with Crippen LogP contribution in [0.2, 0.25) is 0 Å². The largest absolute Gasteiger partial charge is 0.378 e. The summed E-state index contributed by atoms with van der Waals surface area (Å²) in [6, 6.07) is 5.92. The van der Waals surface area contributed by atoms with Gasteiger partial charge in [0.1, 0.15) is 5.82 Å². The standard InChI is InChI=1S/C14H18F2N4/c1-10-4-5-11(8-12(10)19(2)3)18-9-13-17-6-7-20(13)14(15)16/h4-8,14,18H,9H2,1-3H3. The van der Waals surface area contributed by atoms with E-state index in [1.54, 1.807) is 0 Å². The molecular formula is C14H18F2N4. The summed E-state index contributed by atoms with van der Waals surface area (Å²) in [7, 11) is 3.94. The first-order valence-corrected chi connectivity index (χ1v) is 6.30. The molecule has 108 valence electrons. The van der Waals surface area contributed by atoms with E-state index in [-0.39, 0.29) is 6.54 Å². The lowest BCUT2D eigenvalue weighted by atomic mass is 10.1. The second-order valence-electron chi connectivity index (χ2n) is 4.78. The first-order chi connectivity index (χ1) is 9.49. The van der Waals surface area contributed by atoms with Crippen molar-refractivity contribution in [3.8, 4) is 0 Å². The first kappa shape index (κ1) is 14.3. The molecule has 1 heterocycles. The van der Waals surface area contributed by atoms with Crippen molar-refractivity contribution < 1.29 is 8.78 Å². The number of alkyl halides is 2. The maximum Gasteiger partial charge on any atom is 0.319 e. The molecule has 0 radical (unpaired) electrons. The molecule has 6 heteroatoms. The molecule has 20 heavy (non-hydrogen) atoms. The van der Waals surface area contributed by atoms with Crippen LogP contribution in [0.5, 0.6) is 0 Å². The molecule has 0 saturated heterocycles. The average molecular weight is 280 g/mol. The number of hydrogen-bond donors (Lipinski definition) is 1. The van der Waals surface area contributed by atoms with Crippen molar-refractivity contribution in [2.24, 2.45) is 0 Å². The van der Waals surface area contributed by atoms with Crippen molar-refractivity contribution in [1.29, 1.82) is 0 Å². The molecular weight excluding hydrogens is 262 g/mol. The SMILES string of the molecule is Cc1ccc(NCc2nccn2C(F)F)cc1N(C)C. The molecule has 0 aliphatic heterocycles. The van der Waals surface area contributed by atoms with E-state index in [0.717, 1.165) is 21.5 Å². The number of benzene rings is 1. The van der Waals surface area contributed by atoms with Crippen molar-refractivity contribution in [3.05, 3.63) is 42.0 Å². The number of nitrogens with zero attached hydrogens (tertiary/aromatic N) is 3. The molecule has 4 nitrogen and oxygen atoms in total. The monoisotopic (exact) mass is 280 g/mol. The fraction of sp³-hybridized carbons (Fsp3) is 0.357. The summed E-state index contributed by atoms with van der Waals surface area (Å²) in [5, 5.41) is 3.12. The molecule has 1 aromatic heterocycles. The summed E-state index contributed by atoms with van der Waals surface area (Å²) < 4.78 is 26.3. The summed E-state index contributed by atoms with van der Waals surface area (Å²) in [6.45, 7) is -0.278. The van der Waals surface area contributed by atoms with Gasteiger partial charge in [0.05, 0.1) is 6.54 Å². The summed E-state index contributed by atoms with van der Waals surface area (Å²) in [5.74, 6) is 0.312. The number of rotatable bonds is 5. The fourth-order valence-corrected chi connectivity index (χ4v) is 2.04. The van der Waals surface area contributed by atoms with Crippen molar-refractivity contribution in [3.63, 3.8) is 0 Å². The number of nitrogens with one attached hydrogen (secondary N) is 1. The Hall–Kier alpha value is -2.11. The van der Waals surface area contributed by atoms with Crippen LogP contribution in [0.1, 0.15) is 17.9 Å². The van der Waals surface area contributed by atoms with Crippen molar-refractivity contribution in [2.45, 2.75) is 20.0 Å². The van der Waals surface area contributed by atoms with Crippen molar-refractivity contribution in [1.82, 2.24) is 9.55 Å².